The van der Waals surface area contributed by atoms with Crippen LogP contribution in [0.2, 0.25) is 0 Å². The molecule has 176 valence electrons. The third kappa shape index (κ3) is 2.89. The molecule has 34 heavy (non-hydrogen) atoms. The molecule has 5 fully saturated rings. The molecule has 0 amide bonds. The van der Waals surface area contributed by atoms with Crippen molar-refractivity contribution in [3.63, 3.8) is 0 Å². The van der Waals surface area contributed by atoms with Gasteiger partial charge in [-0.15, -0.1) is 0 Å². The van der Waals surface area contributed by atoms with E-state index in [-0.39, 0.29) is 11.1 Å². The van der Waals surface area contributed by atoms with Gasteiger partial charge in [-0.25, -0.2) is 4.98 Å². The van der Waals surface area contributed by atoms with Gasteiger partial charge in [0.05, 0.1) is 44.6 Å². The van der Waals surface area contributed by atoms with Gasteiger partial charge in [-0.2, -0.15) is 15.0 Å². The number of hydrogen-bond acceptors (Lipinski definition) is 9. The summed E-state index contributed by atoms with van der Waals surface area (Å²) in [6.07, 6.45) is 7.74. The maximum atomic E-state index is 6.05. The number of ether oxygens (including phenoxy) is 2. The Balaban J connectivity index is 1.37. The summed E-state index contributed by atoms with van der Waals surface area (Å²) in [7, 11) is 4.34. The lowest BCUT2D eigenvalue weighted by Crippen LogP contribution is -2.69. The Morgan fingerprint density at radius 1 is 0.971 bits per heavy atom. The summed E-state index contributed by atoms with van der Waals surface area (Å²) in [4.78, 5) is 24.5. The summed E-state index contributed by atoms with van der Waals surface area (Å²) in [5, 5.41) is 0. The van der Waals surface area contributed by atoms with Crippen LogP contribution in [-0.4, -0.2) is 86.2 Å². The number of hydrogen-bond donors (Lipinski definition) is 1. The Kier molecular flexibility index (Phi) is 4.65. The topological polar surface area (TPSA) is 103 Å². The predicted molar refractivity (Wildman–Crippen MR) is 135 cm³/mol. The van der Waals surface area contributed by atoms with Crippen LogP contribution in [0, 0.1) is 5.41 Å². The second-order valence-corrected chi connectivity index (χ2v) is 11.0. The maximum absolute atomic E-state index is 6.05. The molecule has 1 spiro atoms. The predicted octanol–water partition coefficient (Wildman–Crippen LogP) is -0.0941. The van der Waals surface area contributed by atoms with Crippen molar-refractivity contribution in [1.29, 1.82) is 0 Å². The first kappa shape index (κ1) is 20.9. The minimum atomic E-state index is 0.276. The van der Waals surface area contributed by atoms with Gasteiger partial charge in [0.1, 0.15) is 21.5 Å². The molecule has 5 aliphatic rings. The largest absolute Gasteiger partial charge is 0.384 e. The van der Waals surface area contributed by atoms with E-state index in [1.54, 1.807) is 0 Å². The quantitative estimate of drug-likeness (QED) is 0.629. The van der Waals surface area contributed by atoms with E-state index in [0.29, 0.717) is 35.8 Å². The fourth-order valence-corrected chi connectivity index (χ4v) is 7.26. The molecule has 7 rings (SSSR count). The molecule has 6 heterocycles. The van der Waals surface area contributed by atoms with E-state index >= 15 is 0 Å². The van der Waals surface area contributed by atoms with Gasteiger partial charge in [0.25, 0.3) is 0 Å². The van der Waals surface area contributed by atoms with Crippen molar-refractivity contribution in [2.24, 2.45) is 5.41 Å². The molecule has 5 unspecified atom stereocenters. The van der Waals surface area contributed by atoms with E-state index in [1.807, 2.05) is 12.3 Å². The van der Waals surface area contributed by atoms with Gasteiger partial charge >= 0.3 is 0 Å². The van der Waals surface area contributed by atoms with Gasteiger partial charge in [0.2, 0.25) is 11.9 Å². The zero-order valence-corrected chi connectivity index (χ0v) is 20.0. The van der Waals surface area contributed by atoms with Crippen LogP contribution in [0.3, 0.4) is 0 Å². The molecule has 2 aromatic heterocycles. The number of rotatable bonds is 4. The normalized spacial score (nSPS) is 33.8. The third-order valence-electron chi connectivity index (χ3n) is 8.90. The monoisotopic (exact) mass is 459 g/mol. The molecule has 0 radical (unpaired) electrons. The van der Waals surface area contributed by atoms with Crippen LogP contribution in [0.15, 0.2) is 12.3 Å². The number of morpholine rings is 1. The van der Waals surface area contributed by atoms with Crippen molar-refractivity contribution >= 4 is 33.4 Å². The van der Waals surface area contributed by atoms with Crippen LogP contribution in [-0.2, 0) is 9.47 Å². The minimum Gasteiger partial charge on any atom is -0.384 e. The molecule has 4 saturated heterocycles. The Morgan fingerprint density at radius 2 is 1.74 bits per heavy atom. The standard InChI is InChI=1S/C23H31B2N7O2/c24-19(25)14-6-18(26)27-7-15(14)20-28-21(31-12-3-4-13(31)9-33-8-12)30-22(29-20)32-16-2-1-5-23(16)11-34-10-17(23)32/h6-7,12-13,16-17,19H,1-5,8-11,24-25H2,(H2,26,27). The van der Waals surface area contributed by atoms with Crippen molar-refractivity contribution in [3.8, 4) is 11.4 Å². The average Bonchev–Trinajstić information content (AvgIpc) is 3.45. The zero-order valence-electron chi connectivity index (χ0n) is 20.0. The van der Waals surface area contributed by atoms with Crippen LogP contribution < -0.4 is 15.5 Å². The molecule has 1 saturated carbocycles. The van der Waals surface area contributed by atoms with E-state index in [4.69, 9.17) is 30.2 Å². The summed E-state index contributed by atoms with van der Waals surface area (Å²) in [6.45, 7) is 3.10. The maximum Gasteiger partial charge on any atom is 0.231 e. The van der Waals surface area contributed by atoms with Gasteiger partial charge in [0.15, 0.2) is 5.82 Å². The van der Waals surface area contributed by atoms with Crippen molar-refractivity contribution in [2.75, 3.05) is 42.0 Å². The molecule has 2 N–H and O–H groups in total. The highest BCUT2D eigenvalue weighted by Crippen LogP contribution is 2.58. The van der Waals surface area contributed by atoms with E-state index < -0.39 is 0 Å². The number of pyridine rings is 1. The van der Waals surface area contributed by atoms with Crippen LogP contribution >= 0.6 is 0 Å². The summed E-state index contributed by atoms with van der Waals surface area (Å²) in [5.74, 6) is 2.78. The third-order valence-corrected chi connectivity index (χ3v) is 8.90. The van der Waals surface area contributed by atoms with Gasteiger partial charge in [-0.3, -0.25) is 0 Å². The van der Waals surface area contributed by atoms with Crippen LogP contribution in [0.1, 0.15) is 43.4 Å². The SMILES string of the molecule is BC(B)c1cc(N)ncc1-c1nc(N2C3CCC2COC3)nc(N2C3CCCC34COCC24)n1. The number of nitrogens with zero attached hydrogens (tertiary/aromatic N) is 6. The fraction of sp³-hybridized carbons (Fsp3) is 0.652. The van der Waals surface area contributed by atoms with E-state index in [2.05, 4.69) is 30.5 Å². The second-order valence-electron chi connectivity index (χ2n) is 11.0. The number of aromatic nitrogens is 4. The molecule has 4 aliphatic heterocycles. The average molecular weight is 459 g/mol. The number of nitrogen functional groups attached to an aromatic ring is 1. The van der Waals surface area contributed by atoms with Gasteiger partial charge < -0.3 is 25.0 Å². The van der Waals surface area contributed by atoms with E-state index in [1.165, 1.54) is 19.3 Å². The Hall–Kier alpha value is -2.39. The summed E-state index contributed by atoms with van der Waals surface area (Å²) in [6, 6.07) is 3.43. The number of nitrogens with two attached hydrogens (primary N) is 1. The summed E-state index contributed by atoms with van der Waals surface area (Å²) in [5.41, 5.74) is 8.67. The van der Waals surface area contributed by atoms with Gasteiger partial charge in [-0.05, 0) is 37.3 Å². The van der Waals surface area contributed by atoms with Gasteiger partial charge in [0, 0.05) is 23.2 Å². The number of anilines is 3. The van der Waals surface area contributed by atoms with Crippen molar-refractivity contribution in [1.82, 2.24) is 19.9 Å². The van der Waals surface area contributed by atoms with E-state index in [9.17, 15) is 0 Å². The molecule has 2 bridgehead atoms. The first-order chi connectivity index (χ1) is 16.5. The first-order valence-electron chi connectivity index (χ1n) is 12.8. The van der Waals surface area contributed by atoms with Crippen LogP contribution in [0.5, 0.6) is 0 Å². The zero-order chi connectivity index (χ0) is 23.0. The summed E-state index contributed by atoms with van der Waals surface area (Å²) >= 11 is 0. The lowest BCUT2D eigenvalue weighted by molar-refractivity contribution is 0.0895. The molecule has 11 heteroatoms. The minimum absolute atomic E-state index is 0.276. The highest BCUT2D eigenvalue weighted by Gasteiger charge is 2.66. The van der Waals surface area contributed by atoms with Crippen molar-refractivity contribution in [3.05, 3.63) is 17.8 Å². The van der Waals surface area contributed by atoms with Crippen molar-refractivity contribution < 1.29 is 9.47 Å². The molecule has 9 nitrogen and oxygen atoms in total. The van der Waals surface area contributed by atoms with Crippen LogP contribution in [0.25, 0.3) is 11.4 Å². The van der Waals surface area contributed by atoms with Crippen LogP contribution in [0.4, 0.5) is 17.7 Å². The first-order valence-corrected chi connectivity index (χ1v) is 12.8. The molecule has 2 aromatic rings. The number of fused-ring (bicyclic) bond motifs is 2. The van der Waals surface area contributed by atoms with E-state index in [0.717, 1.165) is 62.3 Å². The molecular weight excluding hydrogens is 428 g/mol. The molecule has 0 aromatic carbocycles. The molecular formula is C23H31B2N7O2. The fourth-order valence-electron chi connectivity index (χ4n) is 7.26. The lowest BCUT2D eigenvalue weighted by atomic mass is 9.66. The highest BCUT2D eigenvalue weighted by molar-refractivity contribution is 6.36. The Bertz CT molecular complexity index is 1100. The summed E-state index contributed by atoms with van der Waals surface area (Å²) < 4.78 is 11.8. The van der Waals surface area contributed by atoms with Gasteiger partial charge in [-0.1, -0.05) is 12.1 Å². The molecule has 5 atom stereocenters. The second kappa shape index (κ2) is 7.55. The molecule has 1 aliphatic carbocycles. The Morgan fingerprint density at radius 3 is 2.50 bits per heavy atom. The van der Waals surface area contributed by atoms with Crippen molar-refractivity contribution in [2.45, 2.75) is 62.0 Å². The smallest absolute Gasteiger partial charge is 0.231 e. The Labute approximate surface area is 201 Å². The lowest BCUT2D eigenvalue weighted by Gasteiger charge is -2.56. The highest BCUT2D eigenvalue weighted by atomic mass is 16.5.